The van der Waals surface area contributed by atoms with Gasteiger partial charge in [-0.2, -0.15) is 10.2 Å². The number of pyridine rings is 1. The number of carbonyl (C=O) groups is 2. The number of fused-ring (bicyclic) bond motifs is 1. The van der Waals surface area contributed by atoms with Gasteiger partial charge in [-0.05, 0) is 39.7 Å². The van der Waals surface area contributed by atoms with Crippen molar-refractivity contribution in [2.24, 2.45) is 7.05 Å². The Labute approximate surface area is 168 Å². The lowest BCUT2D eigenvalue weighted by Crippen LogP contribution is -2.52. The summed E-state index contributed by atoms with van der Waals surface area (Å²) in [5.74, 6) is 0.322. The minimum atomic E-state index is -0.569. The normalized spacial score (nSPS) is 17.3. The average Bonchev–Trinajstić information content (AvgIpc) is 3.25. The van der Waals surface area contributed by atoms with E-state index in [0.717, 1.165) is 29.0 Å². The van der Waals surface area contributed by atoms with Gasteiger partial charge in [0, 0.05) is 37.3 Å². The van der Waals surface area contributed by atoms with Gasteiger partial charge in [0.15, 0.2) is 5.65 Å². The SMILES string of the molecule is Cc1cc(N2CCCC(NC(=O)c3cnc4c(cnn4C(C)C)c3)C2=O)n(C)n1. The minimum Gasteiger partial charge on any atom is -0.340 e. The topological polar surface area (TPSA) is 97.9 Å². The highest BCUT2D eigenvalue weighted by Gasteiger charge is 2.32. The van der Waals surface area contributed by atoms with Crippen LogP contribution in [-0.2, 0) is 11.8 Å². The molecule has 1 unspecified atom stereocenters. The van der Waals surface area contributed by atoms with Crippen molar-refractivity contribution in [3.8, 4) is 0 Å². The molecule has 0 bridgehead atoms. The molecule has 152 valence electrons. The Bertz CT molecular complexity index is 1080. The predicted octanol–water partition coefficient (Wildman–Crippen LogP) is 1.98. The van der Waals surface area contributed by atoms with Crippen LogP contribution in [0.5, 0.6) is 0 Å². The van der Waals surface area contributed by atoms with E-state index in [-0.39, 0.29) is 17.9 Å². The van der Waals surface area contributed by atoms with Crippen LogP contribution in [0.25, 0.3) is 11.0 Å². The summed E-state index contributed by atoms with van der Waals surface area (Å²) < 4.78 is 3.51. The molecule has 1 aliphatic rings. The first kappa shape index (κ1) is 19.1. The van der Waals surface area contributed by atoms with Gasteiger partial charge >= 0.3 is 0 Å². The Morgan fingerprint density at radius 3 is 2.76 bits per heavy atom. The van der Waals surface area contributed by atoms with Crippen LogP contribution in [0.1, 0.15) is 48.8 Å². The number of hydrogen-bond acceptors (Lipinski definition) is 5. The number of nitrogens with one attached hydrogen (secondary N) is 1. The summed E-state index contributed by atoms with van der Waals surface area (Å²) in [6.45, 7) is 6.56. The fourth-order valence-corrected chi connectivity index (χ4v) is 3.77. The molecular formula is C20H25N7O2. The molecule has 0 aliphatic carbocycles. The van der Waals surface area contributed by atoms with E-state index in [9.17, 15) is 9.59 Å². The number of nitrogens with zero attached hydrogens (tertiary/aromatic N) is 6. The first-order valence-electron chi connectivity index (χ1n) is 9.81. The van der Waals surface area contributed by atoms with Crippen molar-refractivity contribution in [2.75, 3.05) is 11.4 Å². The van der Waals surface area contributed by atoms with Crippen LogP contribution in [0.4, 0.5) is 5.82 Å². The average molecular weight is 395 g/mol. The highest BCUT2D eigenvalue weighted by Crippen LogP contribution is 2.22. The molecule has 2 amide bonds. The first-order valence-corrected chi connectivity index (χ1v) is 9.81. The van der Waals surface area contributed by atoms with E-state index >= 15 is 0 Å². The predicted molar refractivity (Wildman–Crippen MR) is 109 cm³/mol. The number of carbonyl (C=O) groups excluding carboxylic acids is 2. The molecule has 4 rings (SSSR count). The maximum Gasteiger partial charge on any atom is 0.253 e. The first-order chi connectivity index (χ1) is 13.8. The number of piperidine rings is 1. The summed E-state index contributed by atoms with van der Waals surface area (Å²) in [5.41, 5.74) is 2.01. The number of rotatable bonds is 4. The van der Waals surface area contributed by atoms with Gasteiger partial charge in [0.05, 0.1) is 17.5 Å². The second kappa shape index (κ2) is 7.31. The van der Waals surface area contributed by atoms with Crippen molar-refractivity contribution in [1.29, 1.82) is 0 Å². The van der Waals surface area contributed by atoms with Gasteiger partial charge in [-0.3, -0.25) is 19.2 Å². The highest BCUT2D eigenvalue weighted by molar-refractivity contribution is 6.03. The molecule has 0 radical (unpaired) electrons. The lowest BCUT2D eigenvalue weighted by atomic mass is 10.0. The zero-order valence-electron chi connectivity index (χ0n) is 17.1. The Balaban J connectivity index is 1.52. The molecule has 1 fully saturated rings. The van der Waals surface area contributed by atoms with E-state index in [1.165, 1.54) is 6.20 Å². The number of anilines is 1. The molecule has 0 saturated carbocycles. The second-order valence-electron chi connectivity index (χ2n) is 7.75. The third-order valence-corrected chi connectivity index (χ3v) is 5.18. The van der Waals surface area contributed by atoms with E-state index in [0.29, 0.717) is 18.5 Å². The van der Waals surface area contributed by atoms with Crippen LogP contribution in [0.2, 0.25) is 0 Å². The van der Waals surface area contributed by atoms with Gasteiger partial charge in [-0.25, -0.2) is 9.67 Å². The van der Waals surface area contributed by atoms with Crippen molar-refractivity contribution in [3.63, 3.8) is 0 Å². The number of aryl methyl sites for hydroxylation is 2. The van der Waals surface area contributed by atoms with Crippen LogP contribution in [0.3, 0.4) is 0 Å². The quantitative estimate of drug-likeness (QED) is 0.728. The highest BCUT2D eigenvalue weighted by atomic mass is 16.2. The van der Waals surface area contributed by atoms with Crippen LogP contribution >= 0.6 is 0 Å². The lowest BCUT2D eigenvalue weighted by molar-refractivity contribution is -0.121. The standard InChI is InChI=1S/C20H25N7O2/c1-12(2)27-18-14(11-22-27)9-15(10-21-18)19(28)23-16-6-5-7-26(20(16)29)17-8-13(3)24-25(17)4/h8-12,16H,5-7H2,1-4H3,(H,23,28). The summed E-state index contributed by atoms with van der Waals surface area (Å²) in [4.78, 5) is 31.9. The molecule has 1 N–H and O–H groups in total. The van der Waals surface area contributed by atoms with E-state index < -0.39 is 6.04 Å². The van der Waals surface area contributed by atoms with Gasteiger partial charge in [0.2, 0.25) is 0 Å². The van der Waals surface area contributed by atoms with Gasteiger partial charge in [-0.1, -0.05) is 0 Å². The maximum atomic E-state index is 13.0. The molecule has 0 aromatic carbocycles. The van der Waals surface area contributed by atoms with Crippen molar-refractivity contribution in [3.05, 3.63) is 35.8 Å². The van der Waals surface area contributed by atoms with Crippen LogP contribution in [-0.4, -0.2) is 48.9 Å². The Hall–Kier alpha value is -3.23. The Morgan fingerprint density at radius 1 is 1.28 bits per heavy atom. The molecule has 1 aliphatic heterocycles. The van der Waals surface area contributed by atoms with Crippen LogP contribution in [0, 0.1) is 6.92 Å². The third kappa shape index (κ3) is 3.48. The molecule has 4 heterocycles. The largest absolute Gasteiger partial charge is 0.340 e. The summed E-state index contributed by atoms with van der Waals surface area (Å²) >= 11 is 0. The number of hydrogen-bond donors (Lipinski definition) is 1. The van der Waals surface area contributed by atoms with E-state index in [1.807, 2.05) is 38.6 Å². The van der Waals surface area contributed by atoms with Crippen molar-refractivity contribution in [2.45, 2.75) is 45.7 Å². The maximum absolute atomic E-state index is 13.0. The zero-order valence-corrected chi connectivity index (χ0v) is 17.1. The number of aromatic nitrogens is 5. The van der Waals surface area contributed by atoms with Crippen LogP contribution in [0.15, 0.2) is 24.5 Å². The molecule has 1 saturated heterocycles. The van der Waals surface area contributed by atoms with Crippen LogP contribution < -0.4 is 10.2 Å². The lowest BCUT2D eigenvalue weighted by Gasteiger charge is -2.32. The van der Waals surface area contributed by atoms with Gasteiger partial charge in [0.1, 0.15) is 11.9 Å². The zero-order chi connectivity index (χ0) is 20.7. The van der Waals surface area contributed by atoms with Gasteiger partial charge < -0.3 is 5.32 Å². The van der Waals surface area contributed by atoms with E-state index in [1.54, 1.807) is 21.8 Å². The van der Waals surface area contributed by atoms with E-state index in [4.69, 9.17) is 0 Å². The summed E-state index contributed by atoms with van der Waals surface area (Å²) in [6.07, 6.45) is 4.66. The van der Waals surface area contributed by atoms with E-state index in [2.05, 4.69) is 20.5 Å². The summed E-state index contributed by atoms with van der Waals surface area (Å²) in [6, 6.07) is 3.26. The molecule has 3 aromatic heterocycles. The van der Waals surface area contributed by atoms with Gasteiger partial charge in [-0.15, -0.1) is 0 Å². The van der Waals surface area contributed by atoms with Gasteiger partial charge in [0.25, 0.3) is 11.8 Å². The molecule has 1 atom stereocenters. The molecule has 29 heavy (non-hydrogen) atoms. The number of amides is 2. The molecule has 9 nitrogen and oxygen atoms in total. The fourth-order valence-electron chi connectivity index (χ4n) is 3.77. The third-order valence-electron chi connectivity index (χ3n) is 5.18. The Morgan fingerprint density at radius 2 is 2.07 bits per heavy atom. The summed E-state index contributed by atoms with van der Waals surface area (Å²) in [5, 5.41) is 12.3. The van der Waals surface area contributed by atoms with Crippen molar-refractivity contribution < 1.29 is 9.59 Å². The molecule has 0 spiro atoms. The minimum absolute atomic E-state index is 0.116. The molecule has 3 aromatic rings. The van der Waals surface area contributed by atoms with Crippen molar-refractivity contribution in [1.82, 2.24) is 29.9 Å². The van der Waals surface area contributed by atoms with Crippen molar-refractivity contribution >= 4 is 28.7 Å². The second-order valence-corrected chi connectivity index (χ2v) is 7.75. The Kier molecular flexibility index (Phi) is 4.81. The smallest absolute Gasteiger partial charge is 0.253 e. The molecule has 9 heteroatoms. The molecular weight excluding hydrogens is 370 g/mol. The summed E-state index contributed by atoms with van der Waals surface area (Å²) in [7, 11) is 1.82. The monoisotopic (exact) mass is 395 g/mol. The fraction of sp³-hybridized carbons (Fsp3) is 0.450.